The van der Waals surface area contributed by atoms with Crippen molar-refractivity contribution in [3.8, 4) is 0 Å². The van der Waals surface area contributed by atoms with Gasteiger partial charge in [-0.1, -0.05) is 26.0 Å². The maximum Gasteiger partial charge on any atom is 0.310 e. The van der Waals surface area contributed by atoms with Crippen LogP contribution in [0.2, 0.25) is 0 Å². The van der Waals surface area contributed by atoms with Crippen LogP contribution in [0, 0.1) is 0 Å². The third-order valence-corrected chi connectivity index (χ3v) is 3.54. The zero-order valence-corrected chi connectivity index (χ0v) is 12.8. The molecule has 0 radical (unpaired) electrons. The lowest BCUT2D eigenvalue weighted by Crippen LogP contribution is -2.14. The maximum absolute atomic E-state index is 12.3. The van der Waals surface area contributed by atoms with Gasteiger partial charge < -0.3 is 14.8 Å². The smallest absolute Gasteiger partial charge is 0.310 e. The minimum absolute atomic E-state index is 0.179. The summed E-state index contributed by atoms with van der Waals surface area (Å²) in [7, 11) is 0. The normalized spacial score (nSPS) is 12.2. The number of benzene rings is 1. The molecule has 2 aromatic rings. The second-order valence-corrected chi connectivity index (χ2v) is 5.50. The molecule has 1 aromatic heterocycles. The van der Waals surface area contributed by atoms with E-state index in [0.717, 1.165) is 5.56 Å². The van der Waals surface area contributed by atoms with E-state index < -0.39 is 11.9 Å². The highest BCUT2D eigenvalue weighted by Gasteiger charge is 2.19. The van der Waals surface area contributed by atoms with E-state index in [1.54, 1.807) is 37.3 Å². The van der Waals surface area contributed by atoms with Crippen LogP contribution < -0.4 is 5.32 Å². The van der Waals surface area contributed by atoms with E-state index in [1.807, 2.05) is 13.8 Å². The highest BCUT2D eigenvalue weighted by atomic mass is 16.4. The van der Waals surface area contributed by atoms with Crippen molar-refractivity contribution in [1.82, 2.24) is 0 Å². The first-order valence-electron chi connectivity index (χ1n) is 7.11. The van der Waals surface area contributed by atoms with Gasteiger partial charge in [0.05, 0.1) is 12.2 Å². The molecule has 1 aromatic carbocycles. The Kier molecular flexibility index (Phi) is 4.65. The zero-order chi connectivity index (χ0) is 16.3. The molecule has 22 heavy (non-hydrogen) atoms. The number of nitrogens with one attached hydrogen (secondary N) is 1. The largest absolute Gasteiger partial charge is 0.481 e. The number of hydrogen-bond donors (Lipinski definition) is 2. The molecule has 5 heteroatoms. The highest BCUT2D eigenvalue weighted by molar-refractivity contribution is 6.03. The van der Waals surface area contributed by atoms with Crippen molar-refractivity contribution in [3.05, 3.63) is 53.5 Å². The van der Waals surface area contributed by atoms with Crippen LogP contribution in [-0.4, -0.2) is 17.0 Å². The van der Waals surface area contributed by atoms with Crippen LogP contribution in [0.1, 0.15) is 54.3 Å². The monoisotopic (exact) mass is 301 g/mol. The Hall–Kier alpha value is -2.56. The lowest BCUT2D eigenvalue weighted by molar-refractivity contribution is -0.138. The second-order valence-electron chi connectivity index (χ2n) is 5.50. The third kappa shape index (κ3) is 3.36. The van der Waals surface area contributed by atoms with Crippen molar-refractivity contribution in [2.45, 2.75) is 32.6 Å². The minimum Gasteiger partial charge on any atom is -0.481 e. The van der Waals surface area contributed by atoms with Gasteiger partial charge >= 0.3 is 5.97 Å². The molecule has 0 aliphatic carbocycles. The van der Waals surface area contributed by atoms with Crippen LogP contribution >= 0.6 is 0 Å². The molecular formula is C17H19NO4. The van der Waals surface area contributed by atoms with Crippen molar-refractivity contribution in [2.75, 3.05) is 5.32 Å². The summed E-state index contributed by atoms with van der Waals surface area (Å²) in [4.78, 5) is 23.3. The third-order valence-electron chi connectivity index (χ3n) is 3.54. The van der Waals surface area contributed by atoms with E-state index in [9.17, 15) is 9.59 Å². The fourth-order valence-corrected chi connectivity index (χ4v) is 2.17. The number of anilines is 1. The number of rotatable bonds is 5. The Morgan fingerprint density at radius 1 is 1.18 bits per heavy atom. The van der Waals surface area contributed by atoms with Gasteiger partial charge in [-0.2, -0.15) is 0 Å². The lowest BCUT2D eigenvalue weighted by Gasteiger charge is -2.10. The number of carbonyl (C=O) groups is 2. The molecule has 0 spiro atoms. The SMILES string of the molecule is CC(C)c1ccoc1C(=O)Nc1cccc(C(C)C(=O)O)c1. The van der Waals surface area contributed by atoms with Gasteiger partial charge in [0.25, 0.3) is 5.91 Å². The quantitative estimate of drug-likeness (QED) is 0.879. The molecule has 0 aliphatic heterocycles. The van der Waals surface area contributed by atoms with Gasteiger partial charge in [-0.25, -0.2) is 0 Å². The summed E-state index contributed by atoms with van der Waals surface area (Å²) in [6.45, 7) is 5.57. The Morgan fingerprint density at radius 2 is 1.91 bits per heavy atom. The first kappa shape index (κ1) is 15.8. The molecule has 1 unspecified atom stereocenters. The number of hydrogen-bond acceptors (Lipinski definition) is 3. The Labute approximate surface area is 129 Å². The van der Waals surface area contributed by atoms with Gasteiger partial charge in [0, 0.05) is 11.3 Å². The Balaban J connectivity index is 2.20. The standard InChI is InChI=1S/C17H19NO4/c1-10(2)14-7-8-22-15(14)16(19)18-13-6-4-5-12(9-13)11(3)17(20)21/h4-11H,1-3H3,(H,18,19)(H,20,21). The Bertz CT molecular complexity index is 687. The molecule has 1 heterocycles. The first-order valence-corrected chi connectivity index (χ1v) is 7.11. The molecule has 116 valence electrons. The van der Waals surface area contributed by atoms with Gasteiger partial charge in [0.1, 0.15) is 0 Å². The van der Waals surface area contributed by atoms with Gasteiger partial charge in [-0.15, -0.1) is 0 Å². The minimum atomic E-state index is -0.906. The molecule has 0 saturated carbocycles. The van der Waals surface area contributed by atoms with Crippen molar-refractivity contribution >= 4 is 17.6 Å². The fraction of sp³-hybridized carbons (Fsp3) is 0.294. The van der Waals surface area contributed by atoms with Crippen LogP contribution in [0.25, 0.3) is 0 Å². The summed E-state index contributed by atoms with van der Waals surface area (Å²) in [5, 5.41) is 11.8. The average molecular weight is 301 g/mol. The molecule has 1 atom stereocenters. The zero-order valence-electron chi connectivity index (χ0n) is 12.8. The molecule has 2 rings (SSSR count). The number of carboxylic acid groups (broad SMARTS) is 1. The van der Waals surface area contributed by atoms with E-state index in [-0.39, 0.29) is 17.6 Å². The first-order chi connectivity index (χ1) is 10.4. The van der Waals surface area contributed by atoms with Crippen molar-refractivity contribution in [1.29, 1.82) is 0 Å². The van der Waals surface area contributed by atoms with Gasteiger partial charge in [-0.3, -0.25) is 9.59 Å². The van der Waals surface area contributed by atoms with E-state index in [4.69, 9.17) is 9.52 Å². The molecule has 5 nitrogen and oxygen atoms in total. The molecule has 2 N–H and O–H groups in total. The average Bonchev–Trinajstić information content (AvgIpc) is 2.96. The fourth-order valence-electron chi connectivity index (χ4n) is 2.17. The van der Waals surface area contributed by atoms with Crippen LogP contribution in [0.15, 0.2) is 41.0 Å². The van der Waals surface area contributed by atoms with Crippen LogP contribution in [-0.2, 0) is 4.79 Å². The summed E-state index contributed by atoms with van der Waals surface area (Å²) in [5.74, 6) is -1.42. The topological polar surface area (TPSA) is 79.5 Å². The van der Waals surface area contributed by atoms with Gasteiger partial charge in [-0.05, 0) is 36.6 Å². The molecule has 0 bridgehead atoms. The molecular weight excluding hydrogens is 282 g/mol. The van der Waals surface area contributed by atoms with Crippen LogP contribution in [0.3, 0.4) is 0 Å². The summed E-state index contributed by atoms with van der Waals surface area (Å²) in [6.07, 6.45) is 1.49. The number of carboxylic acids is 1. The summed E-state index contributed by atoms with van der Waals surface area (Å²) < 4.78 is 5.27. The highest BCUT2D eigenvalue weighted by Crippen LogP contribution is 2.23. The number of furan rings is 1. The van der Waals surface area contributed by atoms with Crippen LogP contribution in [0.4, 0.5) is 5.69 Å². The number of amides is 1. The number of aliphatic carboxylic acids is 1. The summed E-state index contributed by atoms with van der Waals surface area (Å²) in [5.41, 5.74) is 2.02. The van der Waals surface area contributed by atoms with E-state index in [0.29, 0.717) is 11.3 Å². The van der Waals surface area contributed by atoms with Crippen molar-refractivity contribution in [3.63, 3.8) is 0 Å². The Morgan fingerprint density at radius 3 is 2.55 bits per heavy atom. The lowest BCUT2D eigenvalue weighted by atomic mass is 10.0. The summed E-state index contributed by atoms with van der Waals surface area (Å²) in [6, 6.07) is 8.60. The molecule has 0 aliphatic rings. The van der Waals surface area contributed by atoms with Gasteiger partial charge in [0.15, 0.2) is 5.76 Å². The van der Waals surface area contributed by atoms with Gasteiger partial charge in [0.2, 0.25) is 0 Å². The second kappa shape index (κ2) is 6.47. The predicted molar refractivity (Wildman–Crippen MR) is 83.2 cm³/mol. The van der Waals surface area contributed by atoms with Crippen LogP contribution in [0.5, 0.6) is 0 Å². The molecule has 1 amide bonds. The molecule has 0 saturated heterocycles. The van der Waals surface area contributed by atoms with E-state index in [1.165, 1.54) is 6.26 Å². The van der Waals surface area contributed by atoms with Crippen molar-refractivity contribution in [2.24, 2.45) is 0 Å². The molecule has 0 fully saturated rings. The van der Waals surface area contributed by atoms with E-state index >= 15 is 0 Å². The maximum atomic E-state index is 12.3. The predicted octanol–water partition coefficient (Wildman–Crippen LogP) is 3.84. The van der Waals surface area contributed by atoms with Crippen molar-refractivity contribution < 1.29 is 19.1 Å². The summed E-state index contributed by atoms with van der Waals surface area (Å²) >= 11 is 0. The number of carbonyl (C=O) groups excluding carboxylic acids is 1. The van der Waals surface area contributed by atoms with E-state index in [2.05, 4.69) is 5.32 Å².